The van der Waals surface area contributed by atoms with E-state index in [4.69, 9.17) is 21.4 Å². The fourth-order valence-corrected chi connectivity index (χ4v) is 6.11. The maximum atomic E-state index is 11.8. The number of ether oxygens (including phenoxy) is 1. The summed E-state index contributed by atoms with van der Waals surface area (Å²) in [7, 11) is -2.00. The number of rotatable bonds is 7. The molecule has 196 valence electrons. The Kier molecular flexibility index (Phi) is 7.17. The van der Waals surface area contributed by atoms with Gasteiger partial charge in [0, 0.05) is 28.0 Å². The maximum absolute atomic E-state index is 11.8. The van der Waals surface area contributed by atoms with E-state index in [1.807, 2.05) is 60.4 Å². The van der Waals surface area contributed by atoms with E-state index in [1.54, 1.807) is 24.4 Å². The summed E-state index contributed by atoms with van der Waals surface area (Å²) in [6, 6.07) is 20.2. The molecule has 0 unspecified atom stereocenters. The van der Waals surface area contributed by atoms with Crippen molar-refractivity contribution in [3.63, 3.8) is 0 Å². The Labute approximate surface area is 235 Å². The molecule has 3 heterocycles. The molecule has 1 fully saturated rings. The second-order valence-electron chi connectivity index (χ2n) is 8.94. The van der Waals surface area contributed by atoms with Crippen molar-refractivity contribution in [2.45, 2.75) is 19.0 Å². The van der Waals surface area contributed by atoms with E-state index >= 15 is 0 Å². The SMILES string of the molecule is COc1cc(N2C(=S)N[C@H](c3ccccn3)[C@H]2c2ccc(-c3ccc(C)cc3Br)o2)ccc1NS(C)(=O)=O. The Bertz CT molecular complexity index is 1610. The largest absolute Gasteiger partial charge is 0.494 e. The third kappa shape index (κ3) is 5.27. The van der Waals surface area contributed by atoms with Gasteiger partial charge < -0.3 is 19.4 Å². The highest BCUT2D eigenvalue weighted by atomic mass is 79.9. The molecule has 4 aromatic rings. The van der Waals surface area contributed by atoms with Gasteiger partial charge in [0.05, 0.1) is 30.8 Å². The highest BCUT2D eigenvalue weighted by Crippen LogP contribution is 2.45. The molecule has 8 nitrogen and oxygen atoms in total. The number of nitrogens with zero attached hydrogens (tertiary/aromatic N) is 2. The van der Waals surface area contributed by atoms with Gasteiger partial charge in [-0.3, -0.25) is 9.71 Å². The number of furan rings is 1. The van der Waals surface area contributed by atoms with Crippen molar-refractivity contribution in [2.24, 2.45) is 0 Å². The number of methoxy groups -OCH3 is 1. The first-order valence-corrected chi connectivity index (χ1v) is 14.8. The summed E-state index contributed by atoms with van der Waals surface area (Å²) >= 11 is 9.45. The number of sulfonamides is 1. The molecule has 2 N–H and O–H groups in total. The van der Waals surface area contributed by atoms with Gasteiger partial charge in [0.2, 0.25) is 10.0 Å². The first kappa shape index (κ1) is 26.2. The van der Waals surface area contributed by atoms with E-state index in [1.165, 1.54) is 7.11 Å². The third-order valence-corrected chi connectivity index (χ3v) is 7.73. The van der Waals surface area contributed by atoms with E-state index in [0.717, 1.165) is 33.3 Å². The number of benzene rings is 2. The summed E-state index contributed by atoms with van der Waals surface area (Å²) in [5, 5.41) is 3.88. The predicted octanol–water partition coefficient (Wildman–Crippen LogP) is 5.97. The van der Waals surface area contributed by atoms with Crippen LogP contribution in [0.4, 0.5) is 11.4 Å². The lowest BCUT2D eigenvalue weighted by Crippen LogP contribution is -2.29. The Hall–Kier alpha value is -3.41. The number of halogens is 1. The minimum Gasteiger partial charge on any atom is -0.494 e. The molecule has 2 aromatic carbocycles. The van der Waals surface area contributed by atoms with Crippen LogP contribution >= 0.6 is 28.1 Å². The number of nitrogens with one attached hydrogen (secondary N) is 2. The molecule has 38 heavy (non-hydrogen) atoms. The van der Waals surface area contributed by atoms with E-state index in [0.29, 0.717) is 28.0 Å². The molecule has 5 rings (SSSR count). The molecule has 2 atom stereocenters. The molecule has 1 aliphatic rings. The van der Waals surface area contributed by atoms with Crippen molar-refractivity contribution >= 4 is 54.7 Å². The molecule has 2 aromatic heterocycles. The summed E-state index contributed by atoms with van der Waals surface area (Å²) in [4.78, 5) is 6.52. The van der Waals surface area contributed by atoms with E-state index < -0.39 is 10.0 Å². The number of hydrogen-bond acceptors (Lipinski definition) is 6. The Balaban J connectivity index is 1.60. The lowest BCUT2D eigenvalue weighted by atomic mass is 10.0. The van der Waals surface area contributed by atoms with Crippen LogP contribution in [-0.2, 0) is 10.0 Å². The van der Waals surface area contributed by atoms with E-state index in [-0.39, 0.29) is 12.1 Å². The van der Waals surface area contributed by atoms with Crippen LogP contribution in [0.2, 0.25) is 0 Å². The molecule has 0 spiro atoms. The Morgan fingerprint density at radius 3 is 2.63 bits per heavy atom. The predicted molar refractivity (Wildman–Crippen MR) is 156 cm³/mol. The smallest absolute Gasteiger partial charge is 0.229 e. The van der Waals surface area contributed by atoms with E-state index in [2.05, 4.69) is 31.0 Å². The number of aryl methyl sites for hydroxylation is 1. The summed E-state index contributed by atoms with van der Waals surface area (Å²) in [6.45, 7) is 2.04. The lowest BCUT2D eigenvalue weighted by molar-refractivity contribution is 0.416. The average Bonchev–Trinajstić information content (AvgIpc) is 3.48. The van der Waals surface area contributed by atoms with Crippen molar-refractivity contribution in [2.75, 3.05) is 23.0 Å². The standard InChI is InChI=1S/C27H25BrN4O4S2/c1-16-7-9-18(19(28)14-16)22-11-12-23(36-22)26-25(21-6-4-5-13-29-21)30-27(37)32(26)17-8-10-20(24(15-17)35-2)31-38(3,33)34/h4-15,25-26,31H,1-3H3,(H,30,37)/t25-,26-/m1/s1. The summed E-state index contributed by atoms with van der Waals surface area (Å²) < 4.78 is 39.0. The molecule has 11 heteroatoms. The molecule has 0 aliphatic carbocycles. The van der Waals surface area contributed by atoms with Gasteiger partial charge in [0.25, 0.3) is 0 Å². The number of anilines is 2. The quantitative estimate of drug-likeness (QED) is 0.246. The van der Waals surface area contributed by atoms with Gasteiger partial charge in [-0.15, -0.1) is 0 Å². The molecule has 1 aliphatic heterocycles. The van der Waals surface area contributed by atoms with Crippen molar-refractivity contribution in [3.05, 3.63) is 94.4 Å². The van der Waals surface area contributed by atoms with Gasteiger partial charge in [-0.1, -0.05) is 28.1 Å². The number of thiocarbonyl (C=S) groups is 1. The minimum atomic E-state index is -3.49. The van der Waals surface area contributed by atoms with Gasteiger partial charge in [0.15, 0.2) is 5.11 Å². The maximum Gasteiger partial charge on any atom is 0.229 e. The average molecular weight is 614 g/mol. The Morgan fingerprint density at radius 1 is 1.13 bits per heavy atom. The van der Waals surface area contributed by atoms with Crippen LogP contribution in [0.5, 0.6) is 5.75 Å². The van der Waals surface area contributed by atoms with Crippen molar-refractivity contribution in [1.29, 1.82) is 0 Å². The van der Waals surface area contributed by atoms with Crippen LogP contribution in [0.3, 0.4) is 0 Å². The third-order valence-electron chi connectivity index (χ3n) is 6.17. The number of aromatic nitrogens is 1. The van der Waals surface area contributed by atoms with Crippen LogP contribution in [-0.4, -0.2) is 31.9 Å². The van der Waals surface area contributed by atoms with Crippen molar-refractivity contribution in [3.8, 4) is 17.1 Å². The first-order valence-electron chi connectivity index (χ1n) is 11.7. The topological polar surface area (TPSA) is 96.7 Å². The van der Waals surface area contributed by atoms with Crippen LogP contribution in [0.15, 0.2) is 81.8 Å². The number of pyridine rings is 1. The fourth-order valence-electron chi connectivity index (χ4n) is 4.51. The minimum absolute atomic E-state index is 0.302. The van der Waals surface area contributed by atoms with Gasteiger partial charge in [-0.2, -0.15) is 0 Å². The molecular formula is C27H25BrN4O4S2. The molecule has 0 amide bonds. The molecule has 0 bridgehead atoms. The zero-order chi connectivity index (χ0) is 27.0. The number of hydrogen-bond donors (Lipinski definition) is 2. The second-order valence-corrected chi connectivity index (χ2v) is 11.9. The molecular weight excluding hydrogens is 588 g/mol. The van der Waals surface area contributed by atoms with Crippen LogP contribution in [0.25, 0.3) is 11.3 Å². The normalized spacial score (nSPS) is 17.4. The Morgan fingerprint density at radius 2 is 1.95 bits per heavy atom. The second kappa shape index (κ2) is 10.4. The highest BCUT2D eigenvalue weighted by Gasteiger charge is 2.43. The van der Waals surface area contributed by atoms with Gasteiger partial charge >= 0.3 is 0 Å². The van der Waals surface area contributed by atoms with Gasteiger partial charge in [0.1, 0.15) is 23.3 Å². The van der Waals surface area contributed by atoms with Gasteiger partial charge in [-0.05, 0) is 73.2 Å². The lowest BCUT2D eigenvalue weighted by Gasteiger charge is -2.27. The zero-order valence-corrected chi connectivity index (χ0v) is 24.0. The first-order chi connectivity index (χ1) is 18.1. The molecule has 1 saturated heterocycles. The van der Waals surface area contributed by atoms with Crippen molar-refractivity contribution < 1.29 is 17.6 Å². The summed E-state index contributed by atoms with van der Waals surface area (Å²) in [5.74, 6) is 1.77. The summed E-state index contributed by atoms with van der Waals surface area (Å²) in [6.07, 6.45) is 2.83. The van der Waals surface area contributed by atoms with E-state index in [9.17, 15) is 8.42 Å². The monoisotopic (exact) mass is 612 g/mol. The zero-order valence-electron chi connectivity index (χ0n) is 20.8. The molecule has 0 radical (unpaired) electrons. The van der Waals surface area contributed by atoms with Gasteiger partial charge in [-0.25, -0.2) is 8.42 Å². The van der Waals surface area contributed by atoms with Crippen LogP contribution < -0.4 is 19.7 Å². The molecule has 0 saturated carbocycles. The highest BCUT2D eigenvalue weighted by molar-refractivity contribution is 9.10. The van der Waals surface area contributed by atoms with Crippen LogP contribution in [0.1, 0.15) is 29.1 Å². The summed E-state index contributed by atoms with van der Waals surface area (Å²) in [5.41, 5.74) is 3.92. The fraction of sp³-hybridized carbons (Fsp3) is 0.185. The van der Waals surface area contributed by atoms with Crippen molar-refractivity contribution in [1.82, 2.24) is 10.3 Å². The van der Waals surface area contributed by atoms with Crippen LogP contribution in [0, 0.1) is 6.92 Å².